The molecule has 28 heavy (non-hydrogen) atoms. The van der Waals surface area contributed by atoms with E-state index in [0.717, 1.165) is 5.56 Å². The van der Waals surface area contributed by atoms with Gasteiger partial charge in [-0.2, -0.15) is 0 Å². The van der Waals surface area contributed by atoms with Crippen molar-refractivity contribution in [3.63, 3.8) is 0 Å². The van der Waals surface area contributed by atoms with Gasteiger partial charge in [-0.15, -0.1) is 0 Å². The first-order valence-electron chi connectivity index (χ1n) is 8.85. The number of methoxy groups -OCH3 is 1. The van der Waals surface area contributed by atoms with Crippen molar-refractivity contribution in [3.05, 3.63) is 63.3 Å². The molecule has 1 N–H and O–H groups in total. The topological polar surface area (TPSA) is 58.6 Å². The molecule has 3 rings (SSSR count). The molecule has 5 nitrogen and oxygen atoms in total. The van der Waals surface area contributed by atoms with Crippen LogP contribution in [0.1, 0.15) is 24.5 Å². The van der Waals surface area contributed by atoms with Crippen LogP contribution in [0.3, 0.4) is 0 Å². The Morgan fingerprint density at radius 3 is 2.46 bits per heavy atom. The lowest BCUT2D eigenvalue weighted by atomic mass is 10.0. The minimum atomic E-state index is -0.392. The van der Waals surface area contributed by atoms with Gasteiger partial charge in [0.15, 0.2) is 0 Å². The number of hydrogen-bond acceptors (Lipinski definition) is 4. The van der Waals surface area contributed by atoms with E-state index in [-0.39, 0.29) is 17.2 Å². The number of nitrogens with zero attached hydrogens (tertiary/aromatic N) is 1. The molecular formula is C21H20Cl2N2O3. The number of carbonyl (C=O) groups excluding carboxylic acids is 2. The van der Waals surface area contributed by atoms with Crippen molar-refractivity contribution in [2.75, 3.05) is 19.0 Å². The van der Waals surface area contributed by atoms with Gasteiger partial charge in [0.05, 0.1) is 23.4 Å². The van der Waals surface area contributed by atoms with E-state index in [1.54, 1.807) is 31.4 Å². The molecule has 0 aliphatic carbocycles. The van der Waals surface area contributed by atoms with Gasteiger partial charge in [-0.05, 0) is 43.2 Å². The van der Waals surface area contributed by atoms with Crippen molar-refractivity contribution in [1.29, 1.82) is 0 Å². The highest BCUT2D eigenvalue weighted by Crippen LogP contribution is 2.37. The molecule has 0 saturated carbocycles. The lowest BCUT2D eigenvalue weighted by molar-refractivity contribution is -0.136. The van der Waals surface area contributed by atoms with Crippen LogP contribution in [0, 0.1) is 6.92 Å². The van der Waals surface area contributed by atoms with Crippen molar-refractivity contribution in [1.82, 2.24) is 4.90 Å². The molecule has 7 heteroatoms. The van der Waals surface area contributed by atoms with Crippen LogP contribution < -0.4 is 10.1 Å². The molecule has 0 bridgehead atoms. The molecule has 0 aromatic heterocycles. The fraction of sp³-hybridized carbons (Fsp3) is 0.238. The maximum Gasteiger partial charge on any atom is 0.278 e. The van der Waals surface area contributed by atoms with Gasteiger partial charge in [0, 0.05) is 17.1 Å². The van der Waals surface area contributed by atoms with E-state index in [1.165, 1.54) is 4.90 Å². The molecule has 2 amide bonds. The molecule has 1 aliphatic rings. The Morgan fingerprint density at radius 1 is 1.07 bits per heavy atom. The Morgan fingerprint density at radius 2 is 1.82 bits per heavy atom. The zero-order valence-corrected chi connectivity index (χ0v) is 17.3. The number of benzene rings is 2. The summed E-state index contributed by atoms with van der Waals surface area (Å²) in [5.74, 6) is -0.213. The van der Waals surface area contributed by atoms with Crippen molar-refractivity contribution < 1.29 is 14.3 Å². The maximum absolute atomic E-state index is 13.0. The summed E-state index contributed by atoms with van der Waals surface area (Å²) in [5.41, 5.74) is 2.43. The summed E-state index contributed by atoms with van der Waals surface area (Å²) in [6, 6.07) is 10.4. The van der Waals surface area contributed by atoms with Crippen LogP contribution in [0.15, 0.2) is 42.1 Å². The fourth-order valence-electron chi connectivity index (χ4n) is 3.11. The number of imide groups is 1. The molecule has 1 aliphatic heterocycles. The van der Waals surface area contributed by atoms with Crippen LogP contribution in [0.4, 0.5) is 5.69 Å². The number of hydrogen-bond donors (Lipinski definition) is 1. The number of carbonyl (C=O) groups is 2. The third-order valence-corrected chi connectivity index (χ3v) is 4.98. The van der Waals surface area contributed by atoms with E-state index in [9.17, 15) is 9.59 Å². The van der Waals surface area contributed by atoms with Crippen LogP contribution in [0.2, 0.25) is 10.0 Å². The van der Waals surface area contributed by atoms with Gasteiger partial charge in [-0.25, -0.2) is 0 Å². The molecule has 0 fully saturated rings. The highest BCUT2D eigenvalue weighted by atomic mass is 35.5. The predicted molar refractivity (Wildman–Crippen MR) is 112 cm³/mol. The van der Waals surface area contributed by atoms with Crippen LogP contribution >= 0.6 is 23.2 Å². The lowest BCUT2D eigenvalue weighted by Crippen LogP contribution is -2.33. The summed E-state index contributed by atoms with van der Waals surface area (Å²) in [6.07, 6.45) is 0.653. The highest BCUT2D eigenvalue weighted by Gasteiger charge is 2.39. The number of nitrogens with one attached hydrogen (secondary N) is 1. The smallest absolute Gasteiger partial charge is 0.278 e. The molecule has 0 atom stereocenters. The second-order valence-electron chi connectivity index (χ2n) is 6.46. The van der Waals surface area contributed by atoms with Crippen molar-refractivity contribution in [3.8, 4) is 5.75 Å². The van der Waals surface area contributed by atoms with Crippen LogP contribution in [-0.4, -0.2) is 30.4 Å². The molecule has 2 aromatic carbocycles. The minimum absolute atomic E-state index is 0.173. The molecule has 2 aromatic rings. The Bertz CT molecular complexity index is 986. The number of anilines is 1. The van der Waals surface area contributed by atoms with Gasteiger partial charge in [0.25, 0.3) is 11.8 Å². The summed E-state index contributed by atoms with van der Waals surface area (Å²) >= 11 is 12.3. The molecular weight excluding hydrogens is 399 g/mol. The van der Waals surface area contributed by atoms with Gasteiger partial charge in [0.2, 0.25) is 0 Å². The summed E-state index contributed by atoms with van der Waals surface area (Å²) < 4.78 is 5.39. The van der Waals surface area contributed by atoms with Gasteiger partial charge < -0.3 is 10.1 Å². The number of ether oxygens (including phenoxy) is 1. The summed E-state index contributed by atoms with van der Waals surface area (Å²) in [6.45, 7) is 4.16. The predicted octanol–water partition coefficient (Wildman–Crippen LogP) is 4.91. The molecule has 1 heterocycles. The molecule has 146 valence electrons. The monoisotopic (exact) mass is 418 g/mol. The Labute approximate surface area is 173 Å². The van der Waals surface area contributed by atoms with Crippen LogP contribution in [0.25, 0.3) is 5.57 Å². The number of amides is 2. The third kappa shape index (κ3) is 3.73. The van der Waals surface area contributed by atoms with E-state index >= 15 is 0 Å². The summed E-state index contributed by atoms with van der Waals surface area (Å²) in [4.78, 5) is 27.3. The lowest BCUT2D eigenvalue weighted by Gasteiger charge is -2.15. The average molecular weight is 419 g/mol. The van der Waals surface area contributed by atoms with Gasteiger partial charge in [-0.3, -0.25) is 14.5 Å². The Balaban J connectivity index is 2.16. The zero-order valence-electron chi connectivity index (χ0n) is 15.8. The maximum atomic E-state index is 13.0. The largest absolute Gasteiger partial charge is 0.495 e. The number of halogens is 2. The first-order valence-corrected chi connectivity index (χ1v) is 9.60. The van der Waals surface area contributed by atoms with E-state index < -0.39 is 5.91 Å². The minimum Gasteiger partial charge on any atom is -0.495 e. The molecule has 0 radical (unpaired) electrons. The quantitative estimate of drug-likeness (QED) is 0.676. The van der Waals surface area contributed by atoms with Crippen molar-refractivity contribution >= 4 is 46.3 Å². The van der Waals surface area contributed by atoms with Gasteiger partial charge in [-0.1, -0.05) is 42.3 Å². The van der Waals surface area contributed by atoms with Crippen molar-refractivity contribution in [2.45, 2.75) is 20.3 Å². The summed E-state index contributed by atoms with van der Waals surface area (Å²) in [5, 5.41) is 3.86. The average Bonchev–Trinajstić information content (AvgIpc) is 2.87. The molecule has 0 saturated heterocycles. The van der Waals surface area contributed by atoms with Crippen LogP contribution in [-0.2, 0) is 9.59 Å². The first-order chi connectivity index (χ1) is 13.4. The highest BCUT2D eigenvalue weighted by molar-refractivity contribution is 6.41. The third-order valence-electron chi connectivity index (χ3n) is 4.43. The van der Waals surface area contributed by atoms with Gasteiger partial charge in [0.1, 0.15) is 11.4 Å². The first kappa shape index (κ1) is 20.2. The van der Waals surface area contributed by atoms with E-state index in [4.69, 9.17) is 27.9 Å². The second-order valence-corrected chi connectivity index (χ2v) is 7.31. The van der Waals surface area contributed by atoms with Gasteiger partial charge >= 0.3 is 0 Å². The zero-order chi connectivity index (χ0) is 20.4. The number of rotatable bonds is 6. The summed E-state index contributed by atoms with van der Waals surface area (Å²) in [7, 11) is 1.55. The Hall–Kier alpha value is -2.50. The normalized spacial score (nSPS) is 14.1. The Kier molecular flexibility index (Phi) is 5.96. The van der Waals surface area contributed by atoms with Crippen molar-refractivity contribution in [2.24, 2.45) is 0 Å². The molecule has 0 unspecified atom stereocenters. The van der Waals surface area contributed by atoms with E-state index in [0.29, 0.717) is 40.0 Å². The van der Waals surface area contributed by atoms with E-state index in [2.05, 4.69) is 5.32 Å². The van der Waals surface area contributed by atoms with E-state index in [1.807, 2.05) is 26.0 Å². The fourth-order valence-corrected chi connectivity index (χ4v) is 3.62. The molecule has 0 spiro atoms. The van der Waals surface area contributed by atoms with Crippen LogP contribution in [0.5, 0.6) is 5.75 Å². The second kappa shape index (κ2) is 8.25. The SMILES string of the molecule is CCCN1C(=O)C(Nc2cc(C)ccc2OC)=C(c2ccc(Cl)cc2Cl)C1=O. The standard InChI is InChI=1S/C21H20Cl2N2O3/c1-4-9-25-20(26)18(14-7-6-13(22)11-15(14)23)19(21(25)27)24-16-10-12(2)5-8-17(16)28-3/h5-8,10-11,24H,4,9H2,1-3H3. The number of aryl methyl sites for hydroxylation is 1.